The Morgan fingerprint density at radius 3 is 2.93 bits per heavy atom. The van der Waals surface area contributed by atoms with Crippen molar-refractivity contribution < 1.29 is 0 Å². The summed E-state index contributed by atoms with van der Waals surface area (Å²) in [6.45, 7) is 5.69. The first-order valence-corrected chi connectivity index (χ1v) is 6.48. The number of halogens is 2. The quantitative estimate of drug-likeness (QED) is 0.796. The van der Waals surface area contributed by atoms with Crippen LogP contribution in [-0.4, -0.2) is 18.0 Å². The minimum Gasteiger partial charge on any atom is -0.299 e. The van der Waals surface area contributed by atoms with E-state index in [1.807, 2.05) is 6.07 Å². The van der Waals surface area contributed by atoms with E-state index in [2.05, 4.69) is 39.9 Å². The molecule has 82 valence electrons. The van der Waals surface area contributed by atoms with Crippen molar-refractivity contribution in [2.75, 3.05) is 13.1 Å². The maximum atomic E-state index is 6.19. The fourth-order valence-electron chi connectivity index (χ4n) is 2.06. The van der Waals surface area contributed by atoms with Gasteiger partial charge in [-0.15, -0.1) is 0 Å². The summed E-state index contributed by atoms with van der Waals surface area (Å²) in [5, 5.41) is 0.865. The van der Waals surface area contributed by atoms with Gasteiger partial charge >= 0.3 is 0 Å². The van der Waals surface area contributed by atoms with Crippen molar-refractivity contribution in [1.29, 1.82) is 0 Å². The Morgan fingerprint density at radius 2 is 2.33 bits per heavy atom. The second-order valence-corrected chi connectivity index (χ2v) is 5.69. The molecule has 0 bridgehead atoms. The molecule has 3 heteroatoms. The lowest BCUT2D eigenvalue weighted by atomic mass is 10.2. The third-order valence-corrected chi connectivity index (χ3v) is 3.76. The molecule has 0 aromatic heterocycles. The molecule has 0 spiro atoms. The summed E-state index contributed by atoms with van der Waals surface area (Å²) in [7, 11) is 0. The van der Waals surface area contributed by atoms with Crippen LogP contribution in [0.15, 0.2) is 22.7 Å². The van der Waals surface area contributed by atoms with E-state index in [4.69, 9.17) is 11.6 Å². The molecule has 0 N–H and O–H groups in total. The van der Waals surface area contributed by atoms with Crippen molar-refractivity contribution in [3.8, 4) is 0 Å². The fraction of sp³-hybridized carbons (Fsp3) is 0.500. The molecule has 1 atom stereocenters. The number of nitrogens with zero attached hydrogens (tertiary/aromatic N) is 1. The maximum absolute atomic E-state index is 6.19. The van der Waals surface area contributed by atoms with Crippen molar-refractivity contribution in [2.45, 2.75) is 19.9 Å². The molecule has 1 saturated heterocycles. The first kappa shape index (κ1) is 11.4. The van der Waals surface area contributed by atoms with E-state index < -0.39 is 0 Å². The van der Waals surface area contributed by atoms with E-state index in [1.54, 1.807) is 0 Å². The normalized spacial score (nSPS) is 22.2. The van der Waals surface area contributed by atoms with Gasteiger partial charge < -0.3 is 0 Å². The predicted molar refractivity (Wildman–Crippen MR) is 68.2 cm³/mol. The van der Waals surface area contributed by atoms with Crippen molar-refractivity contribution in [1.82, 2.24) is 4.90 Å². The van der Waals surface area contributed by atoms with Gasteiger partial charge in [-0.05, 0) is 36.6 Å². The van der Waals surface area contributed by atoms with Gasteiger partial charge in [0.25, 0.3) is 0 Å². The van der Waals surface area contributed by atoms with Gasteiger partial charge in [0.1, 0.15) is 0 Å². The van der Waals surface area contributed by atoms with Crippen LogP contribution in [0, 0.1) is 5.92 Å². The van der Waals surface area contributed by atoms with Crippen LogP contribution >= 0.6 is 27.5 Å². The zero-order valence-corrected chi connectivity index (χ0v) is 11.2. The number of likely N-dealkylation sites (tertiary alicyclic amines) is 1. The third-order valence-electron chi connectivity index (χ3n) is 2.92. The van der Waals surface area contributed by atoms with Crippen molar-refractivity contribution in [2.24, 2.45) is 5.92 Å². The van der Waals surface area contributed by atoms with Crippen LogP contribution in [0.2, 0.25) is 5.02 Å². The lowest BCUT2D eigenvalue weighted by Gasteiger charge is -2.16. The number of benzene rings is 1. The molecule has 0 amide bonds. The minimum absolute atomic E-state index is 0.833. The standard InChI is InChI=1S/C12H15BrClN/c1-9-4-5-15(7-9)8-10-2-3-11(13)6-12(10)14/h2-3,6,9H,4-5,7-8H2,1H3. The van der Waals surface area contributed by atoms with Crippen LogP contribution in [-0.2, 0) is 6.54 Å². The average Bonchev–Trinajstić information content (AvgIpc) is 2.56. The highest BCUT2D eigenvalue weighted by Gasteiger charge is 2.19. The molecule has 1 aromatic carbocycles. The van der Waals surface area contributed by atoms with Gasteiger partial charge in [0.2, 0.25) is 0 Å². The van der Waals surface area contributed by atoms with E-state index in [-0.39, 0.29) is 0 Å². The van der Waals surface area contributed by atoms with Crippen molar-refractivity contribution in [3.63, 3.8) is 0 Å². The van der Waals surface area contributed by atoms with Gasteiger partial charge in [0.05, 0.1) is 0 Å². The van der Waals surface area contributed by atoms with Gasteiger partial charge in [0, 0.05) is 22.6 Å². The van der Waals surface area contributed by atoms with Crippen LogP contribution < -0.4 is 0 Å². The molecule has 1 aromatic rings. The number of hydrogen-bond acceptors (Lipinski definition) is 1. The Labute approximate surface area is 105 Å². The molecule has 15 heavy (non-hydrogen) atoms. The highest BCUT2D eigenvalue weighted by molar-refractivity contribution is 9.10. The second kappa shape index (κ2) is 4.86. The van der Waals surface area contributed by atoms with Crippen LogP contribution in [0.3, 0.4) is 0 Å². The Kier molecular flexibility index (Phi) is 3.70. The summed E-state index contributed by atoms with van der Waals surface area (Å²) in [5.74, 6) is 0.833. The zero-order chi connectivity index (χ0) is 10.8. The van der Waals surface area contributed by atoms with Crippen LogP contribution in [0.5, 0.6) is 0 Å². The maximum Gasteiger partial charge on any atom is 0.0462 e. The Bertz CT molecular complexity index is 353. The molecule has 0 saturated carbocycles. The molecular weight excluding hydrogens is 273 g/mol. The second-order valence-electron chi connectivity index (χ2n) is 4.36. The Hall–Kier alpha value is -0.0500. The topological polar surface area (TPSA) is 3.24 Å². The first-order chi connectivity index (χ1) is 7.15. The summed E-state index contributed by atoms with van der Waals surface area (Å²) < 4.78 is 1.05. The predicted octanol–water partition coefficient (Wildman–Crippen LogP) is 3.94. The summed E-state index contributed by atoms with van der Waals surface area (Å²) in [5.41, 5.74) is 1.23. The monoisotopic (exact) mass is 287 g/mol. The number of rotatable bonds is 2. The van der Waals surface area contributed by atoms with Gasteiger partial charge in [0.15, 0.2) is 0 Å². The van der Waals surface area contributed by atoms with Crippen LogP contribution in [0.25, 0.3) is 0 Å². The zero-order valence-electron chi connectivity index (χ0n) is 8.84. The summed E-state index contributed by atoms with van der Waals surface area (Å²) in [4.78, 5) is 2.47. The van der Waals surface area contributed by atoms with Crippen molar-refractivity contribution in [3.05, 3.63) is 33.3 Å². The summed E-state index contributed by atoms with van der Waals surface area (Å²) in [6.07, 6.45) is 1.31. The molecule has 1 heterocycles. The van der Waals surface area contributed by atoms with Gasteiger partial charge in [-0.1, -0.05) is 40.5 Å². The van der Waals surface area contributed by atoms with Gasteiger partial charge in [-0.25, -0.2) is 0 Å². The Morgan fingerprint density at radius 1 is 1.53 bits per heavy atom. The molecule has 1 nitrogen and oxygen atoms in total. The van der Waals surface area contributed by atoms with Crippen LogP contribution in [0.4, 0.5) is 0 Å². The highest BCUT2D eigenvalue weighted by atomic mass is 79.9. The number of hydrogen-bond donors (Lipinski definition) is 0. The molecule has 1 fully saturated rings. The smallest absolute Gasteiger partial charge is 0.0462 e. The van der Waals surface area contributed by atoms with Gasteiger partial charge in [-0.3, -0.25) is 4.90 Å². The molecule has 0 radical (unpaired) electrons. The Balaban J connectivity index is 2.04. The SMILES string of the molecule is CC1CCN(Cc2ccc(Br)cc2Cl)C1. The van der Waals surface area contributed by atoms with Gasteiger partial charge in [-0.2, -0.15) is 0 Å². The average molecular weight is 289 g/mol. The summed E-state index contributed by atoms with van der Waals surface area (Å²) in [6, 6.07) is 6.13. The lowest BCUT2D eigenvalue weighted by Crippen LogP contribution is -2.19. The largest absolute Gasteiger partial charge is 0.299 e. The molecule has 1 unspecified atom stereocenters. The fourth-order valence-corrected chi connectivity index (χ4v) is 2.79. The van der Waals surface area contributed by atoms with E-state index >= 15 is 0 Å². The lowest BCUT2D eigenvalue weighted by molar-refractivity contribution is 0.320. The van der Waals surface area contributed by atoms with E-state index in [0.717, 1.165) is 22.0 Å². The molecular formula is C12H15BrClN. The van der Waals surface area contributed by atoms with E-state index in [9.17, 15) is 0 Å². The molecule has 1 aliphatic rings. The molecule has 1 aliphatic heterocycles. The molecule has 2 rings (SSSR count). The van der Waals surface area contributed by atoms with E-state index in [0.29, 0.717) is 0 Å². The summed E-state index contributed by atoms with van der Waals surface area (Å²) >= 11 is 9.61. The molecule has 0 aliphatic carbocycles. The first-order valence-electron chi connectivity index (χ1n) is 5.31. The van der Waals surface area contributed by atoms with E-state index in [1.165, 1.54) is 25.1 Å². The van der Waals surface area contributed by atoms with Crippen molar-refractivity contribution >= 4 is 27.5 Å². The third kappa shape index (κ3) is 2.96. The minimum atomic E-state index is 0.833. The van der Waals surface area contributed by atoms with Crippen LogP contribution in [0.1, 0.15) is 18.9 Å². The highest BCUT2D eigenvalue weighted by Crippen LogP contribution is 2.24.